The molecule has 0 spiro atoms. The number of aromatic carboxylic acids is 1. The van der Waals surface area contributed by atoms with E-state index in [0.717, 1.165) is 12.8 Å². The number of nitrogens with zero attached hydrogens (tertiary/aromatic N) is 2. The van der Waals surface area contributed by atoms with Gasteiger partial charge in [0.2, 0.25) is 0 Å². The van der Waals surface area contributed by atoms with Crippen LogP contribution in [-0.4, -0.2) is 32.5 Å². The number of hydrogen-bond acceptors (Lipinski definition) is 8. The Hall–Kier alpha value is -2.85. The zero-order valence-electron chi connectivity index (χ0n) is 17.6. The van der Waals surface area contributed by atoms with Gasteiger partial charge in [0, 0.05) is 34.9 Å². The Balaban J connectivity index is 1.80. The molecule has 1 N–H and O–H groups in total. The number of carboxylic acid groups (broad SMARTS) is 1. The van der Waals surface area contributed by atoms with Crippen LogP contribution in [0.25, 0.3) is 0 Å². The van der Waals surface area contributed by atoms with Crippen molar-refractivity contribution in [2.45, 2.75) is 53.7 Å². The minimum absolute atomic E-state index is 0.0184. The van der Waals surface area contributed by atoms with Gasteiger partial charge in [-0.25, -0.2) is 0 Å². The van der Waals surface area contributed by atoms with Crippen molar-refractivity contribution in [1.29, 1.82) is 0 Å². The summed E-state index contributed by atoms with van der Waals surface area (Å²) < 4.78 is 0. The number of anilines is 1. The maximum atomic E-state index is 11.8. The molecule has 174 valence electrons. The largest absolute Gasteiger partial charge is 0.545 e. The number of nitrogens with one attached hydrogen (secondary N) is 1. The van der Waals surface area contributed by atoms with Gasteiger partial charge >= 0.3 is 0 Å². The molecule has 0 aromatic heterocycles. The predicted molar refractivity (Wildman–Crippen MR) is 123 cm³/mol. The molecule has 1 aliphatic carbocycles. The highest BCUT2D eigenvalue weighted by Crippen LogP contribution is 2.57. The van der Waals surface area contributed by atoms with Crippen LogP contribution in [0.2, 0.25) is 0 Å². The van der Waals surface area contributed by atoms with Gasteiger partial charge in [-0.05, 0) is 30.9 Å². The number of carbonyl (C=O) groups is 1. The molecular formula is C22H21ClN3O6S-. The third-order valence-corrected chi connectivity index (χ3v) is 8.54. The standard InChI is InChI=1S/C22H22ClN3O6S/c1-2-5-13-12-10-17(33-16-7-4-3-6-14(16)25(29)30)20(23)18(12)19-15(26(31)32)9-8-11(22(27)28)21(19)24-13/h3-4,6-9,12-13,17-18,20,24H,2,5,10H2,1H3,(H,27,28)/p-1/t12-,13-,17-,18-,20-/m0/s1. The number of halogens is 1. The number of rotatable bonds is 7. The lowest BCUT2D eigenvalue weighted by Gasteiger charge is -2.38. The predicted octanol–water partition coefficient (Wildman–Crippen LogP) is 4.33. The number of para-hydroxylation sites is 1. The van der Waals surface area contributed by atoms with Crippen LogP contribution in [0.5, 0.6) is 0 Å². The summed E-state index contributed by atoms with van der Waals surface area (Å²) in [5.74, 6) is -1.98. The molecule has 2 aromatic carbocycles. The number of hydrogen-bond donors (Lipinski definition) is 1. The van der Waals surface area contributed by atoms with Crippen molar-refractivity contribution in [2.24, 2.45) is 5.92 Å². The molecule has 0 amide bonds. The summed E-state index contributed by atoms with van der Waals surface area (Å²) in [5.41, 5.74) is 0.147. The molecule has 4 rings (SSSR count). The van der Waals surface area contributed by atoms with Crippen LogP contribution in [0.1, 0.15) is 48.0 Å². The van der Waals surface area contributed by atoms with E-state index in [4.69, 9.17) is 11.6 Å². The van der Waals surface area contributed by atoms with Gasteiger partial charge in [-0.3, -0.25) is 20.2 Å². The van der Waals surface area contributed by atoms with Crippen LogP contribution in [0.15, 0.2) is 41.3 Å². The van der Waals surface area contributed by atoms with E-state index in [-0.39, 0.29) is 45.4 Å². The fourth-order valence-electron chi connectivity index (χ4n) is 5.10. The number of nitro benzene ring substituents is 2. The Morgan fingerprint density at radius 3 is 2.48 bits per heavy atom. The van der Waals surface area contributed by atoms with Crippen molar-refractivity contribution in [3.8, 4) is 0 Å². The molecule has 2 aromatic rings. The summed E-state index contributed by atoms with van der Waals surface area (Å²) >= 11 is 8.23. The summed E-state index contributed by atoms with van der Waals surface area (Å²) in [4.78, 5) is 34.6. The van der Waals surface area contributed by atoms with Gasteiger partial charge in [-0.2, -0.15) is 0 Å². The van der Waals surface area contributed by atoms with E-state index < -0.39 is 27.1 Å². The summed E-state index contributed by atoms with van der Waals surface area (Å²) in [6.45, 7) is 2.01. The summed E-state index contributed by atoms with van der Waals surface area (Å²) in [7, 11) is 0. The lowest BCUT2D eigenvalue weighted by atomic mass is 9.76. The van der Waals surface area contributed by atoms with Gasteiger partial charge < -0.3 is 15.2 Å². The molecule has 11 heteroatoms. The van der Waals surface area contributed by atoms with Crippen molar-refractivity contribution in [1.82, 2.24) is 0 Å². The fraction of sp³-hybridized carbons (Fsp3) is 0.409. The van der Waals surface area contributed by atoms with Gasteiger partial charge in [-0.1, -0.05) is 25.5 Å². The number of fused-ring (bicyclic) bond motifs is 3. The third-order valence-electron chi connectivity index (χ3n) is 6.42. The Morgan fingerprint density at radius 2 is 1.85 bits per heavy atom. The molecule has 1 fully saturated rings. The molecule has 0 saturated heterocycles. The Morgan fingerprint density at radius 1 is 1.15 bits per heavy atom. The molecule has 9 nitrogen and oxygen atoms in total. The van der Waals surface area contributed by atoms with Gasteiger partial charge in [0.05, 0.1) is 37.3 Å². The first-order valence-corrected chi connectivity index (χ1v) is 11.9. The van der Waals surface area contributed by atoms with E-state index in [1.54, 1.807) is 18.2 Å². The number of alkyl halides is 1. The SMILES string of the molecule is CCC[C@@H]1Nc2c(C(=O)[O-])ccc([N+](=O)[O-])c2[C@H]2[C@@H](Cl)[C@@H](Sc3ccccc3[N+](=O)[O-])C[C@H]21. The van der Waals surface area contributed by atoms with E-state index in [1.807, 2.05) is 6.92 Å². The average molecular weight is 491 g/mol. The van der Waals surface area contributed by atoms with Crippen LogP contribution in [-0.2, 0) is 0 Å². The number of thioether (sulfide) groups is 1. The number of carboxylic acids is 1. The topological polar surface area (TPSA) is 138 Å². The summed E-state index contributed by atoms with van der Waals surface area (Å²) in [5, 5.41) is 37.5. The normalized spacial score (nSPS) is 25.6. The molecule has 1 aliphatic heterocycles. The van der Waals surface area contributed by atoms with Gasteiger partial charge in [-0.15, -0.1) is 23.4 Å². The molecule has 0 bridgehead atoms. The molecule has 1 heterocycles. The number of carbonyl (C=O) groups excluding carboxylic acids is 1. The van der Waals surface area contributed by atoms with Crippen LogP contribution in [0, 0.1) is 26.1 Å². The molecule has 2 aliphatic rings. The minimum Gasteiger partial charge on any atom is -0.545 e. The first-order valence-electron chi connectivity index (χ1n) is 10.6. The van der Waals surface area contributed by atoms with Gasteiger partial charge in [0.25, 0.3) is 11.4 Å². The lowest BCUT2D eigenvalue weighted by molar-refractivity contribution is -0.387. The van der Waals surface area contributed by atoms with E-state index in [1.165, 1.54) is 30.0 Å². The van der Waals surface area contributed by atoms with E-state index in [0.29, 0.717) is 11.3 Å². The van der Waals surface area contributed by atoms with Crippen molar-refractivity contribution in [2.75, 3.05) is 5.32 Å². The fourth-order valence-corrected chi connectivity index (χ4v) is 7.04. The Bertz CT molecular complexity index is 1130. The second-order valence-electron chi connectivity index (χ2n) is 8.26. The molecule has 33 heavy (non-hydrogen) atoms. The Kier molecular flexibility index (Phi) is 6.49. The highest BCUT2D eigenvalue weighted by Gasteiger charge is 2.52. The third kappa shape index (κ3) is 4.13. The van der Waals surface area contributed by atoms with E-state index in [9.17, 15) is 30.1 Å². The van der Waals surface area contributed by atoms with Crippen LogP contribution >= 0.6 is 23.4 Å². The second-order valence-corrected chi connectivity index (χ2v) is 10.0. The zero-order chi connectivity index (χ0) is 23.9. The van der Waals surface area contributed by atoms with Crippen molar-refractivity contribution < 1.29 is 19.7 Å². The maximum Gasteiger partial charge on any atom is 0.282 e. The number of benzene rings is 2. The number of nitro groups is 2. The van der Waals surface area contributed by atoms with Crippen molar-refractivity contribution >= 4 is 46.4 Å². The molecule has 0 unspecified atom stereocenters. The van der Waals surface area contributed by atoms with Gasteiger partial charge in [0.15, 0.2) is 0 Å². The highest BCUT2D eigenvalue weighted by molar-refractivity contribution is 8.00. The first-order chi connectivity index (χ1) is 15.7. The first kappa shape index (κ1) is 23.3. The maximum absolute atomic E-state index is 11.8. The quantitative estimate of drug-likeness (QED) is 0.343. The van der Waals surface area contributed by atoms with Crippen molar-refractivity contribution in [3.63, 3.8) is 0 Å². The monoisotopic (exact) mass is 490 g/mol. The van der Waals surface area contributed by atoms with Crippen molar-refractivity contribution in [3.05, 3.63) is 67.8 Å². The van der Waals surface area contributed by atoms with Crippen LogP contribution < -0.4 is 10.4 Å². The van der Waals surface area contributed by atoms with Crippen LogP contribution in [0.3, 0.4) is 0 Å². The van der Waals surface area contributed by atoms with E-state index in [2.05, 4.69) is 5.32 Å². The van der Waals surface area contributed by atoms with Crippen LogP contribution in [0.4, 0.5) is 17.1 Å². The Labute approximate surface area is 198 Å². The summed E-state index contributed by atoms with van der Waals surface area (Å²) in [6, 6.07) is 8.66. The zero-order valence-corrected chi connectivity index (χ0v) is 19.2. The van der Waals surface area contributed by atoms with E-state index >= 15 is 0 Å². The van der Waals surface area contributed by atoms with Gasteiger partial charge in [0.1, 0.15) is 0 Å². The molecule has 5 atom stereocenters. The highest BCUT2D eigenvalue weighted by atomic mass is 35.5. The summed E-state index contributed by atoms with van der Waals surface area (Å²) in [6.07, 6.45) is 2.13. The minimum atomic E-state index is -1.42. The second kappa shape index (κ2) is 9.18. The molecular weight excluding hydrogens is 470 g/mol. The molecule has 0 radical (unpaired) electrons. The lowest BCUT2D eigenvalue weighted by Crippen LogP contribution is -2.39. The average Bonchev–Trinajstić information content (AvgIpc) is 3.09. The smallest absolute Gasteiger partial charge is 0.282 e. The molecule has 1 saturated carbocycles.